The number of anilines is 1. The van der Waals surface area contributed by atoms with Gasteiger partial charge in [0, 0.05) is 5.02 Å². The van der Waals surface area contributed by atoms with Crippen LogP contribution in [0.2, 0.25) is 5.02 Å². The smallest absolute Gasteiger partial charge is 0.241 e. The molecule has 0 aliphatic heterocycles. The lowest BCUT2D eigenvalue weighted by Crippen LogP contribution is -2.36. The third kappa shape index (κ3) is 4.32. The highest BCUT2D eigenvalue weighted by Gasteiger charge is 2.16. The predicted octanol–water partition coefficient (Wildman–Crippen LogP) is 2.79. The van der Waals surface area contributed by atoms with Crippen molar-refractivity contribution >= 4 is 23.2 Å². The molecule has 0 aliphatic carbocycles. The van der Waals surface area contributed by atoms with Gasteiger partial charge in [-0.05, 0) is 30.5 Å². The van der Waals surface area contributed by atoms with Crippen molar-refractivity contribution in [1.82, 2.24) is 0 Å². The Kier molecular flexibility index (Phi) is 4.90. The lowest BCUT2D eigenvalue weighted by atomic mass is 10.0. The highest BCUT2D eigenvalue weighted by atomic mass is 35.5. The molecule has 0 fully saturated rings. The highest BCUT2D eigenvalue weighted by molar-refractivity contribution is 6.30. The van der Waals surface area contributed by atoms with Crippen LogP contribution in [0.25, 0.3) is 0 Å². The van der Waals surface area contributed by atoms with Crippen molar-refractivity contribution in [3.8, 4) is 0 Å². The summed E-state index contributed by atoms with van der Waals surface area (Å²) in [6, 6.07) is 3.33. The number of halogens is 2. The summed E-state index contributed by atoms with van der Waals surface area (Å²) in [4.78, 5) is 11.7. The van der Waals surface area contributed by atoms with E-state index in [0.717, 1.165) is 0 Å². The molecule has 0 spiro atoms. The van der Waals surface area contributed by atoms with E-state index in [1.807, 2.05) is 13.8 Å². The zero-order valence-electron chi connectivity index (χ0n) is 9.84. The van der Waals surface area contributed by atoms with Gasteiger partial charge in [-0.1, -0.05) is 25.4 Å². The zero-order valence-corrected chi connectivity index (χ0v) is 10.6. The lowest BCUT2D eigenvalue weighted by Gasteiger charge is -2.14. The maximum atomic E-state index is 13.3. The number of nitrogens with two attached hydrogens (primary N) is 1. The van der Waals surface area contributed by atoms with Gasteiger partial charge in [0.05, 0.1) is 11.7 Å². The van der Waals surface area contributed by atoms with Gasteiger partial charge in [-0.25, -0.2) is 4.39 Å². The molecule has 0 aromatic heterocycles. The minimum absolute atomic E-state index is 0.0571. The Morgan fingerprint density at radius 3 is 2.76 bits per heavy atom. The van der Waals surface area contributed by atoms with Crippen LogP contribution in [0, 0.1) is 11.7 Å². The summed E-state index contributed by atoms with van der Waals surface area (Å²) in [6.45, 7) is 3.93. The minimum atomic E-state index is -0.645. The third-order valence-electron chi connectivity index (χ3n) is 2.25. The summed E-state index contributed by atoms with van der Waals surface area (Å²) in [7, 11) is 0. The number of carbonyl (C=O) groups excluding carboxylic acids is 1. The van der Waals surface area contributed by atoms with Crippen molar-refractivity contribution in [2.75, 3.05) is 5.32 Å². The third-order valence-corrected chi connectivity index (χ3v) is 2.48. The van der Waals surface area contributed by atoms with Gasteiger partial charge in [0.15, 0.2) is 0 Å². The van der Waals surface area contributed by atoms with Gasteiger partial charge in [0.2, 0.25) is 5.91 Å². The maximum Gasteiger partial charge on any atom is 0.241 e. The summed E-state index contributed by atoms with van der Waals surface area (Å²) >= 11 is 5.71. The van der Waals surface area contributed by atoms with Crippen LogP contribution in [0.3, 0.4) is 0 Å². The molecule has 1 amide bonds. The lowest BCUT2D eigenvalue weighted by molar-refractivity contribution is -0.117. The van der Waals surface area contributed by atoms with E-state index in [1.165, 1.54) is 18.2 Å². The molecule has 1 atom stereocenters. The molecule has 0 heterocycles. The fourth-order valence-corrected chi connectivity index (χ4v) is 1.61. The summed E-state index contributed by atoms with van der Waals surface area (Å²) in [5.74, 6) is -0.626. The molecular weight excluding hydrogens is 243 g/mol. The molecule has 0 unspecified atom stereocenters. The average Bonchev–Trinajstić information content (AvgIpc) is 2.22. The van der Waals surface area contributed by atoms with Crippen LogP contribution in [-0.2, 0) is 4.79 Å². The number of hydrogen-bond acceptors (Lipinski definition) is 2. The number of nitrogens with one attached hydrogen (secondary N) is 1. The number of hydrogen-bond donors (Lipinski definition) is 2. The second-order valence-corrected chi connectivity index (χ2v) is 4.79. The first-order chi connectivity index (χ1) is 7.90. The molecule has 3 N–H and O–H groups in total. The van der Waals surface area contributed by atoms with Crippen molar-refractivity contribution in [1.29, 1.82) is 0 Å². The fraction of sp³-hybridized carbons (Fsp3) is 0.417. The molecule has 1 aromatic carbocycles. The number of carbonyl (C=O) groups is 1. The Labute approximate surface area is 105 Å². The molecule has 0 bridgehead atoms. The van der Waals surface area contributed by atoms with Gasteiger partial charge in [-0.15, -0.1) is 0 Å². The van der Waals surface area contributed by atoms with Gasteiger partial charge in [-0.2, -0.15) is 0 Å². The number of benzene rings is 1. The van der Waals surface area contributed by atoms with E-state index in [9.17, 15) is 9.18 Å². The van der Waals surface area contributed by atoms with E-state index in [1.54, 1.807) is 0 Å². The Morgan fingerprint density at radius 1 is 1.53 bits per heavy atom. The van der Waals surface area contributed by atoms with E-state index in [2.05, 4.69) is 5.32 Å². The summed E-state index contributed by atoms with van der Waals surface area (Å²) in [6.07, 6.45) is 0.550. The molecule has 1 rings (SSSR count). The zero-order chi connectivity index (χ0) is 13.0. The number of amides is 1. The van der Waals surface area contributed by atoms with Crippen molar-refractivity contribution in [3.05, 3.63) is 29.0 Å². The monoisotopic (exact) mass is 258 g/mol. The van der Waals surface area contributed by atoms with E-state index >= 15 is 0 Å². The maximum absolute atomic E-state index is 13.3. The molecule has 1 aromatic rings. The van der Waals surface area contributed by atoms with Crippen LogP contribution >= 0.6 is 11.6 Å². The molecular formula is C12H16ClFN2O. The Morgan fingerprint density at radius 2 is 2.18 bits per heavy atom. The molecule has 0 saturated carbocycles. The van der Waals surface area contributed by atoms with Crippen LogP contribution in [0.15, 0.2) is 18.2 Å². The van der Waals surface area contributed by atoms with Crippen LogP contribution in [-0.4, -0.2) is 11.9 Å². The minimum Gasteiger partial charge on any atom is -0.322 e. The normalized spacial score (nSPS) is 12.6. The summed E-state index contributed by atoms with van der Waals surface area (Å²) in [5.41, 5.74) is 5.74. The molecule has 94 valence electrons. The van der Waals surface area contributed by atoms with Crippen molar-refractivity contribution < 1.29 is 9.18 Å². The molecule has 0 aliphatic rings. The quantitative estimate of drug-likeness (QED) is 0.873. The van der Waals surface area contributed by atoms with Crippen molar-refractivity contribution in [3.63, 3.8) is 0 Å². The molecule has 0 saturated heterocycles. The van der Waals surface area contributed by atoms with Crippen molar-refractivity contribution in [2.24, 2.45) is 11.7 Å². The predicted molar refractivity (Wildman–Crippen MR) is 67.5 cm³/mol. The second kappa shape index (κ2) is 5.98. The van der Waals surface area contributed by atoms with Crippen LogP contribution in [0.1, 0.15) is 20.3 Å². The first-order valence-electron chi connectivity index (χ1n) is 5.41. The van der Waals surface area contributed by atoms with Crippen LogP contribution in [0.4, 0.5) is 10.1 Å². The van der Waals surface area contributed by atoms with Crippen molar-refractivity contribution in [2.45, 2.75) is 26.3 Å². The second-order valence-electron chi connectivity index (χ2n) is 4.35. The van der Waals surface area contributed by atoms with Gasteiger partial charge < -0.3 is 11.1 Å². The van der Waals surface area contributed by atoms with Gasteiger partial charge in [0.1, 0.15) is 5.82 Å². The van der Waals surface area contributed by atoms with Crippen LogP contribution in [0.5, 0.6) is 0 Å². The van der Waals surface area contributed by atoms with E-state index in [-0.39, 0.29) is 5.69 Å². The Hall–Kier alpha value is -1.13. The molecule has 17 heavy (non-hydrogen) atoms. The average molecular weight is 259 g/mol. The molecule has 3 nitrogen and oxygen atoms in total. The summed E-state index contributed by atoms with van der Waals surface area (Å²) in [5, 5.41) is 2.79. The largest absolute Gasteiger partial charge is 0.322 e. The molecule has 0 radical (unpaired) electrons. The van der Waals surface area contributed by atoms with Gasteiger partial charge in [0.25, 0.3) is 0 Å². The first-order valence-corrected chi connectivity index (χ1v) is 5.79. The van der Waals surface area contributed by atoms with E-state index < -0.39 is 17.8 Å². The number of rotatable bonds is 4. The SMILES string of the molecule is CC(C)C[C@H](N)C(=O)Nc1cc(Cl)ccc1F. The van der Waals surface area contributed by atoms with Crippen LogP contribution < -0.4 is 11.1 Å². The summed E-state index contributed by atoms with van der Waals surface area (Å²) < 4.78 is 13.3. The molecule has 5 heteroatoms. The van der Waals surface area contributed by atoms with E-state index in [0.29, 0.717) is 17.4 Å². The highest BCUT2D eigenvalue weighted by Crippen LogP contribution is 2.19. The topological polar surface area (TPSA) is 55.1 Å². The first kappa shape index (κ1) is 13.9. The van der Waals surface area contributed by atoms with Gasteiger partial charge >= 0.3 is 0 Å². The Bertz CT molecular complexity index is 409. The Balaban J connectivity index is 2.70. The van der Waals surface area contributed by atoms with E-state index in [4.69, 9.17) is 17.3 Å². The standard InChI is InChI=1S/C12H16ClFN2O/c1-7(2)5-10(15)12(17)16-11-6-8(13)3-4-9(11)14/h3-4,6-7,10H,5,15H2,1-2H3,(H,16,17)/t10-/m0/s1. The van der Waals surface area contributed by atoms with Gasteiger partial charge in [-0.3, -0.25) is 4.79 Å². The fourth-order valence-electron chi connectivity index (χ4n) is 1.43.